The van der Waals surface area contributed by atoms with Crippen LogP contribution in [0.1, 0.15) is 26.0 Å². The van der Waals surface area contributed by atoms with Crippen LogP contribution in [0, 0.1) is 6.92 Å². The van der Waals surface area contributed by atoms with Gasteiger partial charge in [0.2, 0.25) is 0 Å². The lowest BCUT2D eigenvalue weighted by Crippen LogP contribution is -2.12. The first kappa shape index (κ1) is 10.5. The van der Waals surface area contributed by atoms with Crippen molar-refractivity contribution in [3.05, 3.63) is 23.4 Å². The summed E-state index contributed by atoms with van der Waals surface area (Å²) in [4.78, 5) is 11.5. The van der Waals surface area contributed by atoms with Crippen LogP contribution in [0.3, 0.4) is 0 Å². The van der Waals surface area contributed by atoms with Gasteiger partial charge in [-0.2, -0.15) is 5.10 Å². The fourth-order valence-electron chi connectivity index (χ4n) is 1.10. The second kappa shape index (κ2) is 4.60. The number of nitrogens with one attached hydrogen (secondary N) is 2. The molecule has 76 valence electrons. The molecule has 2 N–H and O–H groups in total. The Balaban J connectivity index is 2.61. The molecule has 1 amide bonds. The molecule has 1 aromatic heterocycles. The van der Waals surface area contributed by atoms with Gasteiger partial charge in [0.15, 0.2) is 5.82 Å². The van der Waals surface area contributed by atoms with Gasteiger partial charge >= 0.3 is 0 Å². The molecule has 0 aliphatic carbocycles. The standard InChI is InChI=1S/C10H15N3O/c1-4-5-7(2)10(14)11-9-6-8(3)12-13-9/h5-6H,4H2,1-3H3,(H2,11,12,13,14). The smallest absolute Gasteiger partial charge is 0.252 e. The van der Waals surface area contributed by atoms with E-state index < -0.39 is 0 Å². The summed E-state index contributed by atoms with van der Waals surface area (Å²) in [6.45, 7) is 5.67. The lowest BCUT2D eigenvalue weighted by molar-refractivity contribution is -0.112. The van der Waals surface area contributed by atoms with Gasteiger partial charge in [-0.05, 0) is 20.3 Å². The number of hydrogen-bond acceptors (Lipinski definition) is 2. The molecular weight excluding hydrogens is 178 g/mol. The fraction of sp³-hybridized carbons (Fsp3) is 0.400. The molecule has 1 aromatic rings. The van der Waals surface area contributed by atoms with Crippen molar-refractivity contribution in [2.45, 2.75) is 27.2 Å². The van der Waals surface area contributed by atoms with Gasteiger partial charge in [-0.1, -0.05) is 13.0 Å². The Bertz CT molecular complexity index is 352. The van der Waals surface area contributed by atoms with Crippen molar-refractivity contribution in [2.24, 2.45) is 0 Å². The van der Waals surface area contributed by atoms with E-state index in [1.165, 1.54) is 0 Å². The van der Waals surface area contributed by atoms with E-state index in [1.54, 1.807) is 13.0 Å². The second-order valence-electron chi connectivity index (χ2n) is 3.19. The number of aryl methyl sites for hydroxylation is 1. The third kappa shape index (κ3) is 2.73. The van der Waals surface area contributed by atoms with Crippen molar-refractivity contribution in [1.29, 1.82) is 0 Å². The number of aromatic amines is 1. The van der Waals surface area contributed by atoms with Crippen molar-refractivity contribution < 1.29 is 4.79 Å². The van der Waals surface area contributed by atoms with Gasteiger partial charge < -0.3 is 5.32 Å². The van der Waals surface area contributed by atoms with Gasteiger partial charge in [-0.25, -0.2) is 0 Å². The van der Waals surface area contributed by atoms with Crippen LogP contribution in [-0.4, -0.2) is 16.1 Å². The zero-order valence-electron chi connectivity index (χ0n) is 8.72. The van der Waals surface area contributed by atoms with Crippen LogP contribution >= 0.6 is 0 Å². The Hall–Kier alpha value is -1.58. The maximum Gasteiger partial charge on any atom is 0.252 e. The minimum Gasteiger partial charge on any atom is -0.305 e. The van der Waals surface area contributed by atoms with Gasteiger partial charge in [-0.3, -0.25) is 9.89 Å². The Kier molecular flexibility index (Phi) is 3.45. The number of carbonyl (C=O) groups is 1. The summed E-state index contributed by atoms with van der Waals surface area (Å²) in [6.07, 6.45) is 2.74. The zero-order valence-corrected chi connectivity index (χ0v) is 8.72. The summed E-state index contributed by atoms with van der Waals surface area (Å²) in [5.41, 5.74) is 1.64. The first-order valence-corrected chi connectivity index (χ1v) is 4.63. The number of nitrogens with zero attached hydrogens (tertiary/aromatic N) is 1. The topological polar surface area (TPSA) is 57.8 Å². The van der Waals surface area contributed by atoms with E-state index in [9.17, 15) is 4.79 Å². The van der Waals surface area contributed by atoms with Crippen LogP contribution in [0.25, 0.3) is 0 Å². The molecular formula is C10H15N3O. The molecule has 1 heterocycles. The normalized spacial score (nSPS) is 11.5. The summed E-state index contributed by atoms with van der Waals surface area (Å²) in [5.74, 6) is 0.467. The molecule has 14 heavy (non-hydrogen) atoms. The third-order valence-electron chi connectivity index (χ3n) is 1.82. The minimum atomic E-state index is -0.0987. The van der Waals surface area contributed by atoms with Gasteiger partial charge in [0, 0.05) is 17.3 Å². The number of hydrogen-bond donors (Lipinski definition) is 2. The fourth-order valence-corrected chi connectivity index (χ4v) is 1.10. The molecule has 0 saturated carbocycles. The van der Waals surface area contributed by atoms with E-state index in [0.29, 0.717) is 11.4 Å². The zero-order chi connectivity index (χ0) is 10.6. The van der Waals surface area contributed by atoms with Crippen molar-refractivity contribution in [3.63, 3.8) is 0 Å². The lowest BCUT2D eigenvalue weighted by atomic mass is 10.2. The lowest BCUT2D eigenvalue weighted by Gasteiger charge is -2.00. The van der Waals surface area contributed by atoms with Crippen LogP contribution in [0.5, 0.6) is 0 Å². The van der Waals surface area contributed by atoms with Crippen LogP contribution < -0.4 is 5.32 Å². The average Bonchev–Trinajstić information content (AvgIpc) is 2.51. The Morgan fingerprint density at radius 3 is 2.93 bits per heavy atom. The van der Waals surface area contributed by atoms with E-state index in [1.807, 2.05) is 19.9 Å². The molecule has 0 bridgehead atoms. The molecule has 1 rings (SSSR count). The maximum atomic E-state index is 11.5. The molecule has 0 aliphatic rings. The molecule has 0 fully saturated rings. The molecule has 0 saturated heterocycles. The van der Waals surface area contributed by atoms with Crippen molar-refractivity contribution >= 4 is 11.7 Å². The summed E-state index contributed by atoms with van der Waals surface area (Å²) in [6, 6.07) is 1.79. The molecule has 0 atom stereocenters. The van der Waals surface area contributed by atoms with E-state index >= 15 is 0 Å². The first-order valence-electron chi connectivity index (χ1n) is 4.63. The quantitative estimate of drug-likeness (QED) is 0.721. The highest BCUT2D eigenvalue weighted by atomic mass is 16.1. The highest BCUT2D eigenvalue weighted by molar-refractivity contribution is 6.02. The largest absolute Gasteiger partial charge is 0.305 e. The van der Waals surface area contributed by atoms with Crippen LogP contribution in [-0.2, 0) is 4.79 Å². The summed E-state index contributed by atoms with van der Waals surface area (Å²) in [7, 11) is 0. The molecule has 0 aliphatic heterocycles. The molecule has 0 aromatic carbocycles. The SMILES string of the molecule is CCC=C(C)C(=O)Nc1cc(C)[nH]n1. The number of allylic oxidation sites excluding steroid dienone is 1. The molecule has 4 heteroatoms. The monoisotopic (exact) mass is 193 g/mol. The Labute approximate surface area is 83.4 Å². The third-order valence-corrected chi connectivity index (χ3v) is 1.82. The van der Waals surface area contributed by atoms with Crippen LogP contribution in [0.15, 0.2) is 17.7 Å². The van der Waals surface area contributed by atoms with Crippen molar-refractivity contribution in [2.75, 3.05) is 5.32 Å². The molecule has 0 spiro atoms. The summed E-state index contributed by atoms with van der Waals surface area (Å²) in [5, 5.41) is 9.37. The Morgan fingerprint density at radius 1 is 1.71 bits per heavy atom. The van der Waals surface area contributed by atoms with Gasteiger partial charge in [0.1, 0.15) is 0 Å². The molecule has 0 unspecified atom stereocenters. The summed E-state index contributed by atoms with van der Waals surface area (Å²) < 4.78 is 0. The first-order chi connectivity index (χ1) is 6.63. The number of carbonyl (C=O) groups excluding carboxylic acids is 1. The number of rotatable bonds is 3. The number of H-pyrrole nitrogens is 1. The van der Waals surface area contributed by atoms with Crippen molar-refractivity contribution in [3.8, 4) is 0 Å². The van der Waals surface area contributed by atoms with E-state index in [0.717, 1.165) is 12.1 Å². The Morgan fingerprint density at radius 2 is 2.43 bits per heavy atom. The van der Waals surface area contributed by atoms with E-state index in [4.69, 9.17) is 0 Å². The van der Waals surface area contributed by atoms with E-state index in [-0.39, 0.29) is 5.91 Å². The van der Waals surface area contributed by atoms with Gasteiger partial charge in [0.25, 0.3) is 5.91 Å². The molecule has 4 nitrogen and oxygen atoms in total. The summed E-state index contributed by atoms with van der Waals surface area (Å²) >= 11 is 0. The van der Waals surface area contributed by atoms with Gasteiger partial charge in [0.05, 0.1) is 0 Å². The average molecular weight is 193 g/mol. The number of anilines is 1. The van der Waals surface area contributed by atoms with Gasteiger partial charge in [-0.15, -0.1) is 0 Å². The van der Waals surface area contributed by atoms with Crippen LogP contribution in [0.4, 0.5) is 5.82 Å². The molecule has 0 radical (unpaired) electrons. The number of amides is 1. The second-order valence-corrected chi connectivity index (χ2v) is 3.19. The van der Waals surface area contributed by atoms with Crippen LogP contribution in [0.2, 0.25) is 0 Å². The minimum absolute atomic E-state index is 0.0987. The maximum absolute atomic E-state index is 11.5. The highest BCUT2D eigenvalue weighted by Gasteiger charge is 2.05. The van der Waals surface area contributed by atoms with E-state index in [2.05, 4.69) is 15.5 Å². The predicted molar refractivity (Wildman–Crippen MR) is 56.0 cm³/mol. The highest BCUT2D eigenvalue weighted by Crippen LogP contribution is 2.06. The number of aromatic nitrogens is 2. The van der Waals surface area contributed by atoms with Crippen molar-refractivity contribution in [1.82, 2.24) is 10.2 Å². The predicted octanol–water partition coefficient (Wildman–Crippen LogP) is 2.01.